The van der Waals surface area contributed by atoms with Crippen molar-refractivity contribution in [2.75, 3.05) is 26.2 Å². The van der Waals surface area contributed by atoms with Gasteiger partial charge < -0.3 is 4.74 Å². The van der Waals surface area contributed by atoms with Crippen LogP contribution < -0.4 is 0 Å². The van der Waals surface area contributed by atoms with E-state index in [-0.39, 0.29) is 0 Å². The van der Waals surface area contributed by atoms with Crippen molar-refractivity contribution < 1.29 is 4.74 Å². The molecule has 2 heteroatoms. The Kier molecular flexibility index (Phi) is 3.23. The van der Waals surface area contributed by atoms with Gasteiger partial charge in [0.05, 0.1) is 12.7 Å². The van der Waals surface area contributed by atoms with E-state index in [1.165, 1.54) is 32.2 Å². The van der Waals surface area contributed by atoms with Crippen molar-refractivity contribution in [1.29, 1.82) is 0 Å². The van der Waals surface area contributed by atoms with Crippen LogP contribution in [0.3, 0.4) is 0 Å². The lowest BCUT2D eigenvalue weighted by Crippen LogP contribution is -2.42. The number of ether oxygens (including phenoxy) is 1. The van der Waals surface area contributed by atoms with E-state index in [1.807, 2.05) is 0 Å². The Bertz CT molecular complexity index is 154. The topological polar surface area (TPSA) is 12.5 Å². The first-order valence-corrected chi connectivity index (χ1v) is 5.68. The summed E-state index contributed by atoms with van der Waals surface area (Å²) >= 11 is 0. The number of morpholine rings is 1. The van der Waals surface area contributed by atoms with E-state index >= 15 is 0 Å². The van der Waals surface area contributed by atoms with Crippen LogP contribution in [0.1, 0.15) is 32.6 Å². The predicted octanol–water partition coefficient (Wildman–Crippen LogP) is 1.90. The maximum Gasteiger partial charge on any atom is 0.0674 e. The lowest BCUT2D eigenvalue weighted by molar-refractivity contribution is -0.0227. The van der Waals surface area contributed by atoms with E-state index < -0.39 is 0 Å². The molecule has 0 spiro atoms. The number of nitrogens with zero attached hydrogens (tertiary/aromatic N) is 1. The Morgan fingerprint density at radius 2 is 2.08 bits per heavy atom. The van der Waals surface area contributed by atoms with Gasteiger partial charge in [-0.15, -0.1) is 0 Å². The minimum Gasteiger partial charge on any atom is -0.376 e. The molecule has 0 aromatic carbocycles. The molecule has 2 rings (SSSR count). The van der Waals surface area contributed by atoms with Crippen LogP contribution >= 0.6 is 0 Å². The maximum absolute atomic E-state index is 5.53. The van der Waals surface area contributed by atoms with Gasteiger partial charge in [-0.2, -0.15) is 0 Å². The molecule has 1 aliphatic carbocycles. The van der Waals surface area contributed by atoms with Gasteiger partial charge in [-0.1, -0.05) is 12.8 Å². The normalized spacial score (nSPS) is 32.5. The van der Waals surface area contributed by atoms with Crippen LogP contribution in [-0.2, 0) is 4.74 Å². The Balaban J connectivity index is 1.73. The first kappa shape index (κ1) is 9.47. The molecule has 0 unspecified atom stereocenters. The second-order valence-corrected chi connectivity index (χ2v) is 4.59. The summed E-state index contributed by atoms with van der Waals surface area (Å²) in [5, 5.41) is 0. The molecule has 0 radical (unpaired) electrons. The molecular weight excluding hydrogens is 162 g/mol. The Morgan fingerprint density at radius 1 is 1.31 bits per heavy atom. The molecule has 1 atom stereocenters. The third-order valence-corrected chi connectivity index (χ3v) is 3.32. The summed E-state index contributed by atoms with van der Waals surface area (Å²) < 4.78 is 5.53. The zero-order valence-electron chi connectivity index (χ0n) is 8.67. The van der Waals surface area contributed by atoms with E-state index in [1.54, 1.807) is 0 Å². The first-order valence-electron chi connectivity index (χ1n) is 5.68. The van der Waals surface area contributed by atoms with Gasteiger partial charge in [0.2, 0.25) is 0 Å². The fraction of sp³-hybridized carbons (Fsp3) is 1.00. The first-order chi connectivity index (χ1) is 6.34. The van der Waals surface area contributed by atoms with Gasteiger partial charge in [-0.05, 0) is 25.7 Å². The third kappa shape index (κ3) is 2.68. The molecule has 1 saturated heterocycles. The lowest BCUT2D eigenvalue weighted by atomic mass is 10.1. The van der Waals surface area contributed by atoms with Gasteiger partial charge >= 0.3 is 0 Å². The van der Waals surface area contributed by atoms with Gasteiger partial charge in [-0.3, -0.25) is 4.90 Å². The fourth-order valence-corrected chi connectivity index (χ4v) is 2.61. The standard InChI is InChI=1S/C11H21NO/c1-10-8-12(6-7-13-10)9-11-4-2-3-5-11/h10-11H,2-9H2,1H3/t10-/m1/s1. The van der Waals surface area contributed by atoms with Crippen LogP contribution in [0, 0.1) is 5.92 Å². The van der Waals surface area contributed by atoms with Crippen LogP contribution in [0.2, 0.25) is 0 Å². The number of hydrogen-bond donors (Lipinski definition) is 0. The third-order valence-electron chi connectivity index (χ3n) is 3.32. The maximum atomic E-state index is 5.53. The highest BCUT2D eigenvalue weighted by Gasteiger charge is 2.22. The predicted molar refractivity (Wildman–Crippen MR) is 53.8 cm³/mol. The second-order valence-electron chi connectivity index (χ2n) is 4.59. The molecule has 2 nitrogen and oxygen atoms in total. The summed E-state index contributed by atoms with van der Waals surface area (Å²) in [7, 11) is 0. The molecule has 0 bridgehead atoms. The number of hydrogen-bond acceptors (Lipinski definition) is 2. The van der Waals surface area contributed by atoms with Gasteiger partial charge in [-0.25, -0.2) is 0 Å². The highest BCUT2D eigenvalue weighted by atomic mass is 16.5. The summed E-state index contributed by atoms with van der Waals surface area (Å²) in [6.45, 7) is 6.75. The van der Waals surface area contributed by atoms with Crippen molar-refractivity contribution in [1.82, 2.24) is 4.90 Å². The van der Waals surface area contributed by atoms with Gasteiger partial charge in [0, 0.05) is 19.6 Å². The summed E-state index contributed by atoms with van der Waals surface area (Å²) in [6.07, 6.45) is 6.31. The summed E-state index contributed by atoms with van der Waals surface area (Å²) in [5.41, 5.74) is 0. The van der Waals surface area contributed by atoms with Crippen LogP contribution in [0.25, 0.3) is 0 Å². The molecule has 13 heavy (non-hydrogen) atoms. The molecule has 0 aromatic heterocycles. The fourth-order valence-electron chi connectivity index (χ4n) is 2.61. The molecule has 0 aromatic rings. The summed E-state index contributed by atoms with van der Waals surface area (Å²) in [5.74, 6) is 0.991. The smallest absolute Gasteiger partial charge is 0.0674 e. The van der Waals surface area contributed by atoms with E-state index in [0.717, 1.165) is 25.6 Å². The van der Waals surface area contributed by atoms with Crippen LogP contribution in [-0.4, -0.2) is 37.2 Å². The molecule has 2 fully saturated rings. The van der Waals surface area contributed by atoms with Crippen molar-refractivity contribution in [3.63, 3.8) is 0 Å². The molecule has 2 aliphatic rings. The average molecular weight is 183 g/mol. The van der Waals surface area contributed by atoms with Crippen molar-refractivity contribution in [3.05, 3.63) is 0 Å². The lowest BCUT2D eigenvalue weighted by Gasteiger charge is -2.32. The zero-order chi connectivity index (χ0) is 9.10. The summed E-state index contributed by atoms with van der Waals surface area (Å²) in [4.78, 5) is 2.59. The van der Waals surface area contributed by atoms with Crippen molar-refractivity contribution >= 4 is 0 Å². The average Bonchev–Trinajstić information content (AvgIpc) is 2.57. The molecular formula is C11H21NO. The highest BCUT2D eigenvalue weighted by Crippen LogP contribution is 2.25. The SMILES string of the molecule is C[C@@H]1CN(CC2CCCC2)CCO1. The molecule has 1 heterocycles. The number of rotatable bonds is 2. The largest absolute Gasteiger partial charge is 0.376 e. The Labute approximate surface area is 81.3 Å². The zero-order valence-corrected chi connectivity index (χ0v) is 8.67. The van der Waals surface area contributed by atoms with Crippen molar-refractivity contribution in [3.8, 4) is 0 Å². The van der Waals surface area contributed by atoms with Crippen LogP contribution in [0.5, 0.6) is 0 Å². The van der Waals surface area contributed by atoms with Crippen molar-refractivity contribution in [2.24, 2.45) is 5.92 Å². The quantitative estimate of drug-likeness (QED) is 0.648. The van der Waals surface area contributed by atoms with E-state index in [4.69, 9.17) is 4.74 Å². The Hall–Kier alpha value is -0.0800. The van der Waals surface area contributed by atoms with Crippen molar-refractivity contribution in [2.45, 2.75) is 38.7 Å². The van der Waals surface area contributed by atoms with E-state index in [0.29, 0.717) is 6.10 Å². The highest BCUT2D eigenvalue weighted by molar-refractivity contribution is 4.75. The minimum absolute atomic E-state index is 0.454. The molecule has 1 aliphatic heterocycles. The molecule has 76 valence electrons. The second kappa shape index (κ2) is 4.43. The molecule has 0 amide bonds. The minimum atomic E-state index is 0.454. The molecule has 0 N–H and O–H groups in total. The van der Waals surface area contributed by atoms with Gasteiger partial charge in [0.1, 0.15) is 0 Å². The van der Waals surface area contributed by atoms with Gasteiger partial charge in [0.15, 0.2) is 0 Å². The molecule has 1 saturated carbocycles. The van der Waals surface area contributed by atoms with E-state index in [9.17, 15) is 0 Å². The van der Waals surface area contributed by atoms with Crippen LogP contribution in [0.15, 0.2) is 0 Å². The van der Waals surface area contributed by atoms with Crippen LogP contribution in [0.4, 0.5) is 0 Å². The summed E-state index contributed by atoms with van der Waals surface area (Å²) in [6, 6.07) is 0. The Morgan fingerprint density at radius 3 is 2.77 bits per heavy atom. The monoisotopic (exact) mass is 183 g/mol. The van der Waals surface area contributed by atoms with E-state index in [2.05, 4.69) is 11.8 Å². The van der Waals surface area contributed by atoms with Gasteiger partial charge in [0.25, 0.3) is 0 Å².